The average molecular weight is 371 g/mol. The van der Waals surface area contributed by atoms with Gasteiger partial charge in [0.15, 0.2) is 0 Å². The van der Waals surface area contributed by atoms with E-state index < -0.39 is 22.0 Å². The summed E-state index contributed by atoms with van der Waals surface area (Å²) in [6.07, 6.45) is 2.55. The first-order valence-electron chi connectivity index (χ1n) is 8.01. The van der Waals surface area contributed by atoms with Gasteiger partial charge in [0.05, 0.1) is 22.8 Å². The van der Waals surface area contributed by atoms with Crippen LogP contribution >= 0.6 is 0 Å². The number of esters is 1. The van der Waals surface area contributed by atoms with Gasteiger partial charge in [-0.05, 0) is 31.5 Å². The Hall–Kier alpha value is -2.70. The van der Waals surface area contributed by atoms with Gasteiger partial charge in [0.1, 0.15) is 0 Å². The van der Waals surface area contributed by atoms with Crippen LogP contribution in [0.1, 0.15) is 24.1 Å². The van der Waals surface area contributed by atoms with Crippen LogP contribution in [-0.2, 0) is 19.6 Å². The third-order valence-electron chi connectivity index (χ3n) is 3.79. The molecule has 6 heteroatoms. The van der Waals surface area contributed by atoms with E-state index in [0.717, 1.165) is 11.8 Å². The highest BCUT2D eigenvalue weighted by atomic mass is 32.2. The van der Waals surface area contributed by atoms with Gasteiger partial charge in [-0.3, -0.25) is 0 Å². The lowest BCUT2D eigenvalue weighted by Gasteiger charge is -2.21. The molecule has 2 aromatic rings. The molecule has 1 N–H and O–H groups in total. The van der Waals surface area contributed by atoms with Crippen molar-refractivity contribution < 1.29 is 17.9 Å². The summed E-state index contributed by atoms with van der Waals surface area (Å²) in [5, 5.41) is 0. The normalized spacial score (nSPS) is 13.1. The van der Waals surface area contributed by atoms with Crippen molar-refractivity contribution in [1.29, 1.82) is 0 Å². The molecule has 2 aromatic carbocycles. The van der Waals surface area contributed by atoms with Gasteiger partial charge >= 0.3 is 5.97 Å². The van der Waals surface area contributed by atoms with Gasteiger partial charge in [0, 0.05) is 0 Å². The zero-order chi connectivity index (χ0) is 19.2. The second-order valence-electron chi connectivity index (χ2n) is 5.59. The minimum Gasteiger partial charge on any atom is -0.432 e. The maximum absolute atomic E-state index is 12.8. The van der Waals surface area contributed by atoms with Crippen LogP contribution < -0.4 is 4.72 Å². The van der Waals surface area contributed by atoms with Crippen LogP contribution in [-0.4, -0.2) is 14.4 Å². The van der Waals surface area contributed by atoms with E-state index in [0.29, 0.717) is 5.56 Å². The summed E-state index contributed by atoms with van der Waals surface area (Å²) in [6, 6.07) is 14.4. The van der Waals surface area contributed by atoms with Crippen molar-refractivity contribution in [2.75, 3.05) is 0 Å². The number of rotatable bonds is 7. The van der Waals surface area contributed by atoms with E-state index in [1.807, 2.05) is 13.0 Å². The topological polar surface area (TPSA) is 72.5 Å². The van der Waals surface area contributed by atoms with E-state index >= 15 is 0 Å². The SMILES string of the molecule is C=COC(=O)/C(=C/C)C(NS(=O)(=O)c1ccc(C)cc1)c1ccccc1. The second kappa shape index (κ2) is 8.60. The molecule has 0 aliphatic carbocycles. The molecule has 0 fully saturated rings. The molecule has 136 valence electrons. The average Bonchev–Trinajstić information content (AvgIpc) is 2.63. The molecule has 0 heterocycles. The van der Waals surface area contributed by atoms with Gasteiger partial charge in [0.25, 0.3) is 0 Å². The summed E-state index contributed by atoms with van der Waals surface area (Å²) in [7, 11) is -3.85. The van der Waals surface area contributed by atoms with Crippen molar-refractivity contribution in [3.63, 3.8) is 0 Å². The molecule has 0 aliphatic heterocycles. The van der Waals surface area contributed by atoms with Crippen LogP contribution in [0.25, 0.3) is 0 Å². The maximum Gasteiger partial charge on any atom is 0.340 e. The van der Waals surface area contributed by atoms with Crippen molar-refractivity contribution in [2.24, 2.45) is 0 Å². The number of hydrogen-bond donors (Lipinski definition) is 1. The number of carbonyl (C=O) groups excluding carboxylic acids is 1. The molecule has 0 aliphatic rings. The Bertz CT molecular complexity index is 901. The Kier molecular flexibility index (Phi) is 6.49. The predicted molar refractivity (Wildman–Crippen MR) is 101 cm³/mol. The first-order valence-corrected chi connectivity index (χ1v) is 9.49. The highest BCUT2D eigenvalue weighted by Crippen LogP contribution is 2.25. The summed E-state index contributed by atoms with van der Waals surface area (Å²) in [5.41, 5.74) is 1.75. The Morgan fingerprint density at radius 1 is 1.12 bits per heavy atom. The van der Waals surface area contributed by atoms with E-state index in [2.05, 4.69) is 11.3 Å². The van der Waals surface area contributed by atoms with Crippen molar-refractivity contribution in [3.05, 3.63) is 90.2 Å². The van der Waals surface area contributed by atoms with Gasteiger partial charge in [-0.15, -0.1) is 0 Å². The fourth-order valence-electron chi connectivity index (χ4n) is 2.44. The second-order valence-corrected chi connectivity index (χ2v) is 7.31. The lowest BCUT2D eigenvalue weighted by Crippen LogP contribution is -2.32. The van der Waals surface area contributed by atoms with E-state index in [1.165, 1.54) is 18.2 Å². The molecule has 1 atom stereocenters. The Morgan fingerprint density at radius 2 is 1.73 bits per heavy atom. The molecule has 0 saturated heterocycles. The molecule has 26 heavy (non-hydrogen) atoms. The Morgan fingerprint density at radius 3 is 2.27 bits per heavy atom. The molecule has 0 bridgehead atoms. The van der Waals surface area contributed by atoms with E-state index in [9.17, 15) is 13.2 Å². The number of ether oxygens (including phenoxy) is 1. The standard InChI is InChI=1S/C20H21NO4S/c1-4-18(20(22)25-5-2)19(16-9-7-6-8-10-16)21-26(23,24)17-13-11-15(3)12-14-17/h4-14,19,21H,2H2,1,3H3/b18-4+. The summed E-state index contributed by atoms with van der Waals surface area (Å²) in [6.45, 7) is 6.89. The van der Waals surface area contributed by atoms with E-state index in [-0.39, 0.29) is 10.5 Å². The minimum absolute atomic E-state index is 0.122. The largest absolute Gasteiger partial charge is 0.432 e. The van der Waals surface area contributed by atoms with Gasteiger partial charge in [0.2, 0.25) is 10.0 Å². The molecule has 5 nitrogen and oxygen atoms in total. The van der Waals surface area contributed by atoms with Crippen molar-refractivity contribution in [2.45, 2.75) is 24.8 Å². The van der Waals surface area contributed by atoms with Crippen LogP contribution in [0.15, 0.2) is 84.0 Å². The lowest BCUT2D eigenvalue weighted by atomic mass is 9.99. The lowest BCUT2D eigenvalue weighted by molar-refractivity contribution is -0.133. The molecule has 0 saturated carbocycles. The van der Waals surface area contributed by atoms with Gasteiger partial charge in [-0.25, -0.2) is 13.2 Å². The quantitative estimate of drug-likeness (QED) is 0.458. The molecular weight excluding hydrogens is 350 g/mol. The number of sulfonamides is 1. The van der Waals surface area contributed by atoms with Crippen LogP contribution in [0.3, 0.4) is 0 Å². The zero-order valence-corrected chi connectivity index (χ0v) is 15.5. The smallest absolute Gasteiger partial charge is 0.340 e. The third kappa shape index (κ3) is 4.68. The van der Waals surface area contributed by atoms with Crippen molar-refractivity contribution in [3.8, 4) is 0 Å². The number of aryl methyl sites for hydroxylation is 1. The summed E-state index contributed by atoms with van der Waals surface area (Å²) >= 11 is 0. The maximum atomic E-state index is 12.8. The van der Waals surface area contributed by atoms with Crippen LogP contribution in [0.2, 0.25) is 0 Å². The number of carbonyl (C=O) groups is 1. The highest BCUT2D eigenvalue weighted by Gasteiger charge is 2.28. The van der Waals surface area contributed by atoms with Crippen LogP contribution in [0.5, 0.6) is 0 Å². The van der Waals surface area contributed by atoms with Crippen LogP contribution in [0, 0.1) is 6.92 Å². The number of benzene rings is 2. The van der Waals surface area contributed by atoms with Crippen LogP contribution in [0.4, 0.5) is 0 Å². The molecule has 1 unspecified atom stereocenters. The Labute approximate surface area is 154 Å². The number of hydrogen-bond acceptors (Lipinski definition) is 4. The Balaban J connectivity index is 2.46. The summed E-state index contributed by atoms with van der Waals surface area (Å²) in [4.78, 5) is 12.4. The van der Waals surface area contributed by atoms with Crippen molar-refractivity contribution in [1.82, 2.24) is 4.72 Å². The molecule has 0 spiro atoms. The molecular formula is C20H21NO4S. The predicted octanol–water partition coefficient (Wildman–Crippen LogP) is 3.65. The van der Waals surface area contributed by atoms with Gasteiger partial charge in [-0.1, -0.05) is 60.7 Å². The third-order valence-corrected chi connectivity index (χ3v) is 5.22. The van der Waals surface area contributed by atoms with E-state index in [4.69, 9.17) is 4.74 Å². The zero-order valence-electron chi connectivity index (χ0n) is 14.7. The first kappa shape index (κ1) is 19.6. The molecule has 0 amide bonds. The number of allylic oxidation sites excluding steroid dienone is 1. The minimum atomic E-state index is -3.85. The fraction of sp³-hybridized carbons (Fsp3) is 0.150. The highest BCUT2D eigenvalue weighted by molar-refractivity contribution is 7.89. The number of nitrogens with one attached hydrogen (secondary N) is 1. The molecule has 0 aromatic heterocycles. The van der Waals surface area contributed by atoms with E-state index in [1.54, 1.807) is 43.3 Å². The summed E-state index contributed by atoms with van der Waals surface area (Å²) < 4.78 is 33.1. The fourth-order valence-corrected chi connectivity index (χ4v) is 3.65. The van der Waals surface area contributed by atoms with Gasteiger partial charge in [-0.2, -0.15) is 4.72 Å². The monoisotopic (exact) mass is 371 g/mol. The molecule has 0 radical (unpaired) electrons. The summed E-state index contributed by atoms with van der Waals surface area (Å²) in [5.74, 6) is -0.664. The van der Waals surface area contributed by atoms with Gasteiger partial charge < -0.3 is 4.74 Å². The van der Waals surface area contributed by atoms with Crippen molar-refractivity contribution >= 4 is 16.0 Å². The molecule has 2 rings (SSSR count). The first-order chi connectivity index (χ1) is 12.4.